The van der Waals surface area contributed by atoms with Gasteiger partial charge >= 0.3 is 0 Å². The highest BCUT2D eigenvalue weighted by atomic mass is 16.5. The van der Waals surface area contributed by atoms with E-state index >= 15 is 0 Å². The summed E-state index contributed by atoms with van der Waals surface area (Å²) in [7, 11) is 0. The van der Waals surface area contributed by atoms with E-state index in [1.165, 1.54) is 37.7 Å². The number of carbonyl (C=O) groups excluding carboxylic acids is 1. The van der Waals surface area contributed by atoms with E-state index in [9.17, 15) is 4.79 Å². The Morgan fingerprint density at radius 3 is 2.88 bits per heavy atom. The average Bonchev–Trinajstić information content (AvgIpc) is 3.13. The van der Waals surface area contributed by atoms with Crippen LogP contribution >= 0.6 is 0 Å². The Morgan fingerprint density at radius 1 is 1.12 bits per heavy atom. The predicted molar refractivity (Wildman–Crippen MR) is 92.3 cm³/mol. The molecule has 4 saturated carbocycles. The summed E-state index contributed by atoms with van der Waals surface area (Å²) < 4.78 is 6.46. The second kappa shape index (κ2) is 4.44. The summed E-state index contributed by atoms with van der Waals surface area (Å²) in [6.45, 7) is 3.39. The van der Waals surface area contributed by atoms with Gasteiger partial charge in [-0.05, 0) is 80.1 Å². The third kappa shape index (κ3) is 1.51. The van der Waals surface area contributed by atoms with Gasteiger partial charge in [0.2, 0.25) is 0 Å². The molecule has 1 heterocycles. The lowest BCUT2D eigenvalue weighted by molar-refractivity contribution is -0.132. The Morgan fingerprint density at radius 2 is 2.04 bits per heavy atom. The Bertz CT molecular complexity index is 675. The molecular formula is C22H28O2. The van der Waals surface area contributed by atoms with Crippen LogP contribution in [0.2, 0.25) is 0 Å². The minimum absolute atomic E-state index is 0.0753. The molecule has 6 aliphatic rings. The molecule has 2 heteroatoms. The molecule has 0 bridgehead atoms. The molecule has 24 heavy (non-hydrogen) atoms. The molecule has 1 aliphatic heterocycles. The first-order chi connectivity index (χ1) is 11.6. The van der Waals surface area contributed by atoms with Gasteiger partial charge in [0.25, 0.3) is 0 Å². The van der Waals surface area contributed by atoms with Crippen LogP contribution in [0, 0.1) is 40.9 Å². The minimum Gasteiger partial charge on any atom is -0.366 e. The van der Waals surface area contributed by atoms with E-state index in [0.717, 1.165) is 55.0 Å². The van der Waals surface area contributed by atoms with Crippen LogP contribution in [0.1, 0.15) is 51.9 Å². The van der Waals surface area contributed by atoms with E-state index in [0.29, 0.717) is 11.2 Å². The van der Waals surface area contributed by atoms with Gasteiger partial charge in [-0.25, -0.2) is 0 Å². The fraction of sp³-hybridized carbons (Fsp3) is 0.773. The average molecular weight is 324 g/mol. The maximum absolute atomic E-state index is 11.8. The fourth-order valence-corrected chi connectivity index (χ4v) is 8.25. The van der Waals surface area contributed by atoms with Gasteiger partial charge in [-0.1, -0.05) is 24.6 Å². The van der Waals surface area contributed by atoms with Crippen LogP contribution in [-0.4, -0.2) is 18.0 Å². The van der Waals surface area contributed by atoms with Crippen LogP contribution in [0.25, 0.3) is 0 Å². The van der Waals surface area contributed by atoms with Crippen LogP contribution in [-0.2, 0) is 9.53 Å². The highest BCUT2D eigenvalue weighted by Gasteiger charge is 2.76. The predicted octanol–water partition coefficient (Wildman–Crippen LogP) is 4.31. The van der Waals surface area contributed by atoms with E-state index < -0.39 is 0 Å². The molecule has 0 radical (unpaired) electrons. The highest BCUT2D eigenvalue weighted by molar-refractivity contribution is 5.91. The smallest absolute Gasteiger partial charge is 0.155 e. The number of allylic oxidation sites excluding steroid dienone is 1. The monoisotopic (exact) mass is 324 g/mol. The first kappa shape index (κ1) is 14.3. The SMILES string of the molecule is C[C@]12CCC3C(CCC4=CC(=O)CC[C@@H]43)C1[C@@H]1C[C@@H]1[C@@]21C=CCO1. The summed E-state index contributed by atoms with van der Waals surface area (Å²) in [4.78, 5) is 11.8. The van der Waals surface area contributed by atoms with Gasteiger partial charge in [0.05, 0.1) is 12.2 Å². The van der Waals surface area contributed by atoms with Gasteiger partial charge in [0.1, 0.15) is 0 Å². The normalized spacial score (nSPS) is 57.2. The second-order valence-electron chi connectivity index (χ2n) is 9.69. The summed E-state index contributed by atoms with van der Waals surface area (Å²) >= 11 is 0. The molecule has 0 amide bonds. The highest BCUT2D eigenvalue weighted by Crippen LogP contribution is 2.77. The third-order valence-corrected chi connectivity index (χ3v) is 9.08. The van der Waals surface area contributed by atoms with Crippen molar-refractivity contribution in [2.75, 3.05) is 6.61 Å². The second-order valence-corrected chi connectivity index (χ2v) is 9.69. The summed E-state index contributed by atoms with van der Waals surface area (Å²) in [6, 6.07) is 0. The number of ketones is 1. The molecule has 128 valence electrons. The van der Waals surface area contributed by atoms with Gasteiger partial charge < -0.3 is 4.74 Å². The van der Waals surface area contributed by atoms with Crippen molar-refractivity contribution in [2.45, 2.75) is 57.5 Å². The van der Waals surface area contributed by atoms with Crippen molar-refractivity contribution in [3.63, 3.8) is 0 Å². The lowest BCUT2D eigenvalue weighted by Gasteiger charge is -2.57. The van der Waals surface area contributed by atoms with Crippen molar-refractivity contribution in [1.29, 1.82) is 0 Å². The zero-order chi connectivity index (χ0) is 16.1. The summed E-state index contributed by atoms with van der Waals surface area (Å²) in [5.41, 5.74) is 1.94. The largest absolute Gasteiger partial charge is 0.366 e. The Balaban J connectivity index is 1.38. The lowest BCUT2D eigenvalue weighted by Crippen LogP contribution is -2.54. The van der Waals surface area contributed by atoms with E-state index in [4.69, 9.17) is 4.74 Å². The minimum atomic E-state index is 0.0753. The fourth-order valence-electron chi connectivity index (χ4n) is 8.25. The van der Waals surface area contributed by atoms with Gasteiger partial charge in [0, 0.05) is 11.8 Å². The molecule has 4 fully saturated rings. The molecule has 0 N–H and O–H groups in total. The van der Waals surface area contributed by atoms with Crippen LogP contribution in [0.15, 0.2) is 23.8 Å². The van der Waals surface area contributed by atoms with E-state index in [2.05, 4.69) is 19.1 Å². The Labute approximate surface area is 144 Å². The summed E-state index contributed by atoms with van der Waals surface area (Å²) in [5, 5.41) is 0. The molecule has 0 aromatic carbocycles. The van der Waals surface area contributed by atoms with E-state index in [-0.39, 0.29) is 5.60 Å². The van der Waals surface area contributed by atoms with Crippen molar-refractivity contribution >= 4 is 5.78 Å². The zero-order valence-electron chi connectivity index (χ0n) is 14.7. The number of hydrogen-bond donors (Lipinski definition) is 0. The van der Waals surface area contributed by atoms with Crippen molar-refractivity contribution in [2.24, 2.45) is 40.9 Å². The van der Waals surface area contributed by atoms with Crippen molar-refractivity contribution in [3.8, 4) is 0 Å². The molecule has 3 unspecified atom stereocenters. The number of rotatable bonds is 0. The third-order valence-electron chi connectivity index (χ3n) is 9.08. The quantitative estimate of drug-likeness (QED) is 0.621. The number of carbonyl (C=O) groups is 1. The Kier molecular flexibility index (Phi) is 2.64. The molecular weight excluding hydrogens is 296 g/mol. The summed E-state index contributed by atoms with van der Waals surface area (Å²) in [5.74, 6) is 5.41. The first-order valence-electron chi connectivity index (χ1n) is 10.2. The molecule has 8 atom stereocenters. The number of fused-ring (bicyclic) bond motifs is 9. The lowest BCUT2D eigenvalue weighted by atomic mass is 9.49. The van der Waals surface area contributed by atoms with Crippen molar-refractivity contribution in [3.05, 3.63) is 23.8 Å². The van der Waals surface area contributed by atoms with Crippen LogP contribution in [0.5, 0.6) is 0 Å². The first-order valence-corrected chi connectivity index (χ1v) is 10.2. The summed E-state index contributed by atoms with van der Waals surface area (Å²) in [6.07, 6.45) is 15.3. The standard InChI is InChI=1S/C22H28O2/c1-21-9-7-16-15-6-4-14(23)11-13(15)3-5-17(16)20(21)18-12-19(18)22(21)8-2-10-24-22/h2,8,11,15-20H,3-7,9-10,12H2,1H3/t15-,16?,17?,18+,19-,20?,21-,22-/m0/s1. The van der Waals surface area contributed by atoms with Crippen molar-refractivity contribution < 1.29 is 9.53 Å². The number of hydrogen-bond acceptors (Lipinski definition) is 2. The maximum atomic E-state index is 11.8. The zero-order valence-corrected chi connectivity index (χ0v) is 14.7. The molecule has 0 aromatic rings. The topological polar surface area (TPSA) is 26.3 Å². The maximum Gasteiger partial charge on any atom is 0.155 e. The number of ether oxygens (including phenoxy) is 1. The van der Waals surface area contributed by atoms with Crippen LogP contribution in [0.3, 0.4) is 0 Å². The van der Waals surface area contributed by atoms with E-state index in [1.807, 2.05) is 6.08 Å². The van der Waals surface area contributed by atoms with Crippen LogP contribution in [0.4, 0.5) is 0 Å². The Hall–Kier alpha value is -0.890. The molecule has 0 aromatic heterocycles. The van der Waals surface area contributed by atoms with Gasteiger partial charge in [0.15, 0.2) is 5.78 Å². The molecule has 1 spiro atoms. The molecule has 5 aliphatic carbocycles. The van der Waals surface area contributed by atoms with Crippen molar-refractivity contribution in [1.82, 2.24) is 0 Å². The van der Waals surface area contributed by atoms with Gasteiger partial charge in [-0.2, -0.15) is 0 Å². The van der Waals surface area contributed by atoms with E-state index in [1.54, 1.807) is 0 Å². The molecule has 0 saturated heterocycles. The van der Waals surface area contributed by atoms with Gasteiger partial charge in [-0.3, -0.25) is 4.79 Å². The van der Waals surface area contributed by atoms with Crippen LogP contribution < -0.4 is 0 Å². The molecule has 6 rings (SSSR count). The molecule has 2 nitrogen and oxygen atoms in total. The van der Waals surface area contributed by atoms with Gasteiger partial charge in [-0.15, -0.1) is 0 Å².